The van der Waals surface area contributed by atoms with Gasteiger partial charge in [0.15, 0.2) is 0 Å². The molecule has 0 radical (unpaired) electrons. The summed E-state index contributed by atoms with van der Waals surface area (Å²) in [5.74, 6) is 1.24. The summed E-state index contributed by atoms with van der Waals surface area (Å²) >= 11 is 0. The van der Waals surface area contributed by atoms with Gasteiger partial charge in [0.05, 0.1) is 5.92 Å². The van der Waals surface area contributed by atoms with E-state index in [9.17, 15) is 4.79 Å². The molecule has 124 valence electrons. The minimum absolute atomic E-state index is 0.0165. The van der Waals surface area contributed by atoms with Crippen LogP contribution >= 0.6 is 0 Å². The molecule has 2 fully saturated rings. The highest BCUT2D eigenvalue weighted by Crippen LogP contribution is 2.33. The lowest BCUT2D eigenvalue weighted by molar-refractivity contribution is -0.138. The van der Waals surface area contributed by atoms with E-state index in [0.29, 0.717) is 24.6 Å². The highest BCUT2D eigenvalue weighted by molar-refractivity contribution is 5.80. The maximum absolute atomic E-state index is 13.1. The van der Waals surface area contributed by atoms with Gasteiger partial charge in [-0.1, -0.05) is 18.2 Å². The second-order valence-electron chi connectivity index (χ2n) is 7.25. The van der Waals surface area contributed by atoms with Crippen LogP contribution in [0.3, 0.4) is 0 Å². The first-order chi connectivity index (χ1) is 11.2. The molecule has 1 aromatic carbocycles. The lowest BCUT2D eigenvalue weighted by atomic mass is 9.94. The maximum atomic E-state index is 13.1. The predicted octanol–water partition coefficient (Wildman–Crippen LogP) is 2.32. The van der Waals surface area contributed by atoms with E-state index < -0.39 is 0 Å². The van der Waals surface area contributed by atoms with Gasteiger partial charge in [0.2, 0.25) is 5.91 Å². The minimum atomic E-state index is -0.0165. The van der Waals surface area contributed by atoms with E-state index in [1.165, 1.54) is 24.9 Å². The van der Waals surface area contributed by atoms with E-state index in [-0.39, 0.29) is 5.92 Å². The molecule has 4 rings (SSSR count). The third-order valence-electron chi connectivity index (χ3n) is 5.83. The van der Waals surface area contributed by atoms with Gasteiger partial charge < -0.3 is 14.5 Å². The normalized spacial score (nSPS) is 31.0. The number of hydrogen-bond acceptors (Lipinski definition) is 3. The van der Waals surface area contributed by atoms with E-state index in [0.717, 1.165) is 31.6 Å². The Labute approximate surface area is 138 Å². The van der Waals surface area contributed by atoms with Crippen molar-refractivity contribution < 1.29 is 9.53 Å². The zero-order chi connectivity index (χ0) is 15.8. The molecule has 1 aromatic rings. The number of amides is 1. The third-order valence-corrected chi connectivity index (χ3v) is 5.83. The van der Waals surface area contributed by atoms with Gasteiger partial charge in [-0.3, -0.25) is 4.79 Å². The second-order valence-corrected chi connectivity index (χ2v) is 7.25. The first kappa shape index (κ1) is 15.0. The molecule has 2 saturated heterocycles. The first-order valence-corrected chi connectivity index (χ1v) is 8.95. The van der Waals surface area contributed by atoms with Crippen molar-refractivity contribution in [3.8, 4) is 5.75 Å². The zero-order valence-corrected chi connectivity index (χ0v) is 13.9. The Balaban J connectivity index is 1.48. The summed E-state index contributed by atoms with van der Waals surface area (Å²) in [4.78, 5) is 17.7. The van der Waals surface area contributed by atoms with Crippen LogP contribution in [0.15, 0.2) is 24.3 Å². The summed E-state index contributed by atoms with van der Waals surface area (Å²) in [6.45, 7) is 2.62. The van der Waals surface area contributed by atoms with Crippen LogP contribution in [-0.2, 0) is 11.2 Å². The van der Waals surface area contributed by atoms with Crippen molar-refractivity contribution >= 4 is 5.91 Å². The summed E-state index contributed by atoms with van der Waals surface area (Å²) in [6.07, 6.45) is 5.61. The number of carbonyl (C=O) groups excluding carboxylic acids is 1. The van der Waals surface area contributed by atoms with E-state index >= 15 is 0 Å². The Hall–Kier alpha value is -1.55. The third kappa shape index (κ3) is 2.74. The zero-order valence-electron chi connectivity index (χ0n) is 13.9. The second kappa shape index (κ2) is 6.16. The molecular formula is C19H26N2O2. The lowest BCUT2D eigenvalue weighted by Gasteiger charge is -2.36. The molecule has 0 spiro atoms. The van der Waals surface area contributed by atoms with Gasteiger partial charge in [-0.2, -0.15) is 0 Å². The molecule has 0 unspecified atom stereocenters. The van der Waals surface area contributed by atoms with Crippen LogP contribution in [-0.4, -0.2) is 54.5 Å². The fourth-order valence-electron chi connectivity index (χ4n) is 4.61. The Morgan fingerprint density at radius 1 is 1.13 bits per heavy atom. The summed E-state index contributed by atoms with van der Waals surface area (Å²) in [7, 11) is 2.21. The van der Waals surface area contributed by atoms with E-state index in [4.69, 9.17) is 4.74 Å². The topological polar surface area (TPSA) is 32.8 Å². The summed E-state index contributed by atoms with van der Waals surface area (Å²) in [5.41, 5.74) is 1.17. The van der Waals surface area contributed by atoms with Crippen LogP contribution in [0.5, 0.6) is 5.75 Å². The molecule has 3 atom stereocenters. The molecule has 4 nitrogen and oxygen atoms in total. The van der Waals surface area contributed by atoms with Crippen molar-refractivity contribution in [1.29, 1.82) is 0 Å². The number of para-hydroxylation sites is 1. The Morgan fingerprint density at radius 2 is 1.91 bits per heavy atom. The fourth-order valence-corrected chi connectivity index (χ4v) is 4.61. The average molecular weight is 314 g/mol. The predicted molar refractivity (Wildman–Crippen MR) is 89.5 cm³/mol. The van der Waals surface area contributed by atoms with Gasteiger partial charge in [0.1, 0.15) is 12.4 Å². The van der Waals surface area contributed by atoms with Gasteiger partial charge in [-0.25, -0.2) is 0 Å². The van der Waals surface area contributed by atoms with Crippen molar-refractivity contribution in [2.24, 2.45) is 5.92 Å². The Morgan fingerprint density at radius 3 is 2.74 bits per heavy atom. The van der Waals surface area contributed by atoms with Crippen LogP contribution in [0.2, 0.25) is 0 Å². The summed E-state index contributed by atoms with van der Waals surface area (Å²) in [6, 6.07) is 9.07. The number of fused-ring (bicyclic) bond motifs is 1. The van der Waals surface area contributed by atoms with E-state index in [1.54, 1.807) is 0 Å². The molecule has 3 aliphatic rings. The van der Waals surface area contributed by atoms with Crippen molar-refractivity contribution in [3.05, 3.63) is 29.8 Å². The number of likely N-dealkylation sites (tertiary alicyclic amines) is 2. The van der Waals surface area contributed by atoms with Gasteiger partial charge >= 0.3 is 0 Å². The maximum Gasteiger partial charge on any atom is 0.229 e. The van der Waals surface area contributed by atoms with Crippen LogP contribution < -0.4 is 4.74 Å². The average Bonchev–Trinajstić information content (AvgIpc) is 3.22. The number of benzene rings is 1. The Bertz CT molecular complexity index is 588. The molecule has 4 heteroatoms. The molecule has 0 aliphatic carbocycles. The number of hydrogen-bond donors (Lipinski definition) is 0. The van der Waals surface area contributed by atoms with Gasteiger partial charge in [0, 0.05) is 18.6 Å². The summed E-state index contributed by atoms with van der Waals surface area (Å²) < 4.78 is 5.84. The monoisotopic (exact) mass is 314 g/mol. The number of ether oxygens (including phenoxy) is 1. The quantitative estimate of drug-likeness (QED) is 0.840. The van der Waals surface area contributed by atoms with Gasteiger partial charge in [0.25, 0.3) is 0 Å². The van der Waals surface area contributed by atoms with E-state index in [1.807, 2.05) is 18.2 Å². The number of likely N-dealkylation sites (N-methyl/N-ethyl adjacent to an activating group) is 1. The molecule has 3 aliphatic heterocycles. The van der Waals surface area contributed by atoms with E-state index in [2.05, 4.69) is 22.9 Å². The molecule has 0 saturated carbocycles. The van der Waals surface area contributed by atoms with Crippen molar-refractivity contribution in [2.75, 3.05) is 26.7 Å². The lowest BCUT2D eigenvalue weighted by Crippen LogP contribution is -2.50. The Kier molecular flexibility index (Phi) is 4.02. The number of rotatable bonds is 2. The molecular weight excluding hydrogens is 288 g/mol. The highest BCUT2D eigenvalue weighted by atomic mass is 16.5. The highest BCUT2D eigenvalue weighted by Gasteiger charge is 2.41. The smallest absolute Gasteiger partial charge is 0.229 e. The van der Waals surface area contributed by atoms with Crippen molar-refractivity contribution in [1.82, 2.24) is 9.80 Å². The van der Waals surface area contributed by atoms with Crippen LogP contribution in [0.1, 0.15) is 31.2 Å². The molecule has 1 amide bonds. The number of carbonyl (C=O) groups is 1. The van der Waals surface area contributed by atoms with Crippen LogP contribution in [0.4, 0.5) is 0 Å². The molecule has 0 bridgehead atoms. The van der Waals surface area contributed by atoms with Gasteiger partial charge in [-0.05, 0) is 57.3 Å². The van der Waals surface area contributed by atoms with Crippen molar-refractivity contribution in [2.45, 2.75) is 44.2 Å². The molecule has 0 aromatic heterocycles. The minimum Gasteiger partial charge on any atom is -0.492 e. The summed E-state index contributed by atoms with van der Waals surface area (Å²) in [5, 5.41) is 0. The molecule has 23 heavy (non-hydrogen) atoms. The first-order valence-electron chi connectivity index (χ1n) is 8.95. The van der Waals surface area contributed by atoms with Gasteiger partial charge in [-0.15, -0.1) is 0 Å². The molecule has 0 N–H and O–H groups in total. The fraction of sp³-hybridized carbons (Fsp3) is 0.632. The SMILES string of the molecule is CN1CCC[C@@H]1[C@H]1CCCN1C(=O)[C@H]1COc2ccccc2C1. The van der Waals surface area contributed by atoms with Crippen molar-refractivity contribution in [3.63, 3.8) is 0 Å². The van der Waals surface area contributed by atoms with Crippen LogP contribution in [0.25, 0.3) is 0 Å². The van der Waals surface area contributed by atoms with Crippen LogP contribution in [0, 0.1) is 5.92 Å². The number of nitrogens with zero attached hydrogens (tertiary/aromatic N) is 2. The largest absolute Gasteiger partial charge is 0.492 e. The standard InChI is InChI=1S/C19H26N2O2/c1-20-10-4-7-16(20)17-8-5-11-21(17)19(22)15-12-14-6-2-3-9-18(14)23-13-15/h2-3,6,9,15-17H,4-5,7-8,10-13H2,1H3/t15-,16-,17-/m1/s1. The molecule has 3 heterocycles.